The van der Waals surface area contributed by atoms with Crippen molar-refractivity contribution in [3.63, 3.8) is 0 Å². The Morgan fingerprint density at radius 3 is 2.59 bits per heavy atom. The number of rotatable bonds is 5. The highest BCUT2D eigenvalue weighted by Crippen LogP contribution is 2.31. The van der Waals surface area contributed by atoms with Crippen LogP contribution in [-0.2, 0) is 4.79 Å². The highest BCUT2D eigenvalue weighted by atomic mass is 16.1. The first-order chi connectivity index (χ1) is 10.8. The van der Waals surface area contributed by atoms with Gasteiger partial charge in [-0.15, -0.1) is 0 Å². The average Bonchev–Trinajstić information content (AvgIpc) is 2.58. The van der Waals surface area contributed by atoms with Gasteiger partial charge in [-0.2, -0.15) is 0 Å². The quantitative estimate of drug-likeness (QED) is 0.813. The van der Waals surface area contributed by atoms with Crippen LogP contribution in [0.1, 0.15) is 57.4 Å². The molecule has 0 bridgehead atoms. The summed E-state index contributed by atoms with van der Waals surface area (Å²) in [5, 5.41) is 2.97. The van der Waals surface area contributed by atoms with Gasteiger partial charge in [-0.25, -0.2) is 0 Å². The number of benzene rings is 1. The van der Waals surface area contributed by atoms with Crippen LogP contribution in [0.4, 0.5) is 0 Å². The van der Waals surface area contributed by atoms with E-state index in [2.05, 4.69) is 24.1 Å². The summed E-state index contributed by atoms with van der Waals surface area (Å²) in [6, 6.07) is 9.88. The first kappa shape index (κ1) is 16.6. The van der Waals surface area contributed by atoms with Crippen molar-refractivity contribution in [3.05, 3.63) is 35.9 Å². The number of unbranched alkanes of at least 4 members (excludes halogenated alkanes) is 1. The Bertz CT molecular complexity index is 504. The molecule has 0 heterocycles. The smallest absolute Gasteiger partial charge is 0.223 e. The van der Waals surface area contributed by atoms with E-state index >= 15 is 0 Å². The molecule has 1 aromatic carbocycles. The Morgan fingerprint density at radius 2 is 1.91 bits per heavy atom. The lowest BCUT2D eigenvalue weighted by atomic mass is 9.79. The molecule has 22 heavy (non-hydrogen) atoms. The van der Waals surface area contributed by atoms with Crippen LogP contribution in [0.15, 0.2) is 30.3 Å². The third-order valence-corrected chi connectivity index (χ3v) is 4.54. The zero-order chi connectivity index (χ0) is 15.6. The van der Waals surface area contributed by atoms with Crippen LogP contribution in [-0.4, -0.2) is 12.5 Å². The Morgan fingerprint density at radius 1 is 1.18 bits per heavy atom. The molecule has 0 aromatic heterocycles. The van der Waals surface area contributed by atoms with Crippen molar-refractivity contribution in [2.45, 2.75) is 51.9 Å². The van der Waals surface area contributed by atoms with Gasteiger partial charge in [-0.3, -0.25) is 4.79 Å². The number of carbonyl (C=O) groups is 1. The topological polar surface area (TPSA) is 29.1 Å². The molecule has 0 saturated heterocycles. The number of amides is 1. The molecular formula is C20H27NO. The van der Waals surface area contributed by atoms with Crippen LogP contribution >= 0.6 is 0 Å². The number of nitrogens with one attached hydrogen (secondary N) is 1. The standard InChI is InChI=1S/C20H27NO/c1-2-3-8-18-12-14-19(15-13-18)20(22)21-16-7-11-17-9-5-4-6-10-17/h4-6,9-10,18-19H,2-3,8,12-16H2,1H3,(H,21,22). The second-order valence-corrected chi connectivity index (χ2v) is 6.25. The maximum atomic E-state index is 12.2. The van der Waals surface area contributed by atoms with Crippen LogP contribution in [0.2, 0.25) is 0 Å². The highest BCUT2D eigenvalue weighted by Gasteiger charge is 2.25. The fourth-order valence-corrected chi connectivity index (χ4v) is 3.15. The first-order valence-corrected chi connectivity index (χ1v) is 8.61. The molecule has 0 unspecified atom stereocenters. The summed E-state index contributed by atoms with van der Waals surface area (Å²) < 4.78 is 0. The Hall–Kier alpha value is -1.75. The van der Waals surface area contributed by atoms with E-state index in [-0.39, 0.29) is 11.8 Å². The fraction of sp³-hybridized carbons (Fsp3) is 0.550. The van der Waals surface area contributed by atoms with Gasteiger partial charge in [0.25, 0.3) is 0 Å². The highest BCUT2D eigenvalue weighted by molar-refractivity contribution is 5.78. The molecule has 1 amide bonds. The van der Waals surface area contributed by atoms with E-state index in [4.69, 9.17) is 0 Å². The van der Waals surface area contributed by atoms with Gasteiger partial charge >= 0.3 is 0 Å². The lowest BCUT2D eigenvalue weighted by molar-refractivity contribution is -0.125. The largest absolute Gasteiger partial charge is 0.345 e. The van der Waals surface area contributed by atoms with E-state index in [0.29, 0.717) is 6.54 Å². The fourth-order valence-electron chi connectivity index (χ4n) is 3.15. The summed E-state index contributed by atoms with van der Waals surface area (Å²) in [7, 11) is 0. The van der Waals surface area contributed by atoms with Crippen molar-refractivity contribution in [2.75, 3.05) is 6.54 Å². The molecule has 1 N–H and O–H groups in total. The number of hydrogen-bond acceptors (Lipinski definition) is 1. The Kier molecular flexibility index (Phi) is 7.03. The predicted molar refractivity (Wildman–Crippen MR) is 91.3 cm³/mol. The molecule has 0 spiro atoms. The van der Waals surface area contributed by atoms with Gasteiger partial charge < -0.3 is 5.32 Å². The lowest BCUT2D eigenvalue weighted by Crippen LogP contribution is -2.33. The minimum Gasteiger partial charge on any atom is -0.345 e. The van der Waals surface area contributed by atoms with Crippen molar-refractivity contribution < 1.29 is 4.79 Å². The summed E-state index contributed by atoms with van der Waals surface area (Å²) >= 11 is 0. The molecule has 118 valence electrons. The molecule has 0 aliphatic heterocycles. The van der Waals surface area contributed by atoms with Crippen LogP contribution in [0, 0.1) is 23.7 Å². The van der Waals surface area contributed by atoms with Crippen molar-refractivity contribution in [2.24, 2.45) is 11.8 Å². The van der Waals surface area contributed by atoms with E-state index in [9.17, 15) is 4.79 Å². The van der Waals surface area contributed by atoms with E-state index < -0.39 is 0 Å². The van der Waals surface area contributed by atoms with Crippen LogP contribution in [0.3, 0.4) is 0 Å². The lowest BCUT2D eigenvalue weighted by Gasteiger charge is -2.27. The molecule has 1 saturated carbocycles. The van der Waals surface area contributed by atoms with E-state index in [1.165, 1.54) is 32.1 Å². The third kappa shape index (κ3) is 5.56. The molecule has 2 rings (SSSR count). The Balaban J connectivity index is 1.67. The summed E-state index contributed by atoms with van der Waals surface area (Å²) in [6.07, 6.45) is 8.48. The second kappa shape index (κ2) is 9.30. The summed E-state index contributed by atoms with van der Waals surface area (Å²) in [6.45, 7) is 2.69. The van der Waals surface area contributed by atoms with Gasteiger partial charge in [0, 0.05) is 11.5 Å². The Labute approximate surface area is 134 Å². The van der Waals surface area contributed by atoms with E-state index in [1.54, 1.807) is 0 Å². The summed E-state index contributed by atoms with van der Waals surface area (Å²) in [5.74, 6) is 7.34. The molecule has 1 aliphatic rings. The van der Waals surface area contributed by atoms with Gasteiger partial charge in [0.1, 0.15) is 0 Å². The van der Waals surface area contributed by atoms with Gasteiger partial charge in [-0.1, -0.05) is 56.2 Å². The molecule has 1 aromatic rings. The van der Waals surface area contributed by atoms with E-state index in [1.807, 2.05) is 30.3 Å². The number of carbonyl (C=O) groups excluding carboxylic acids is 1. The van der Waals surface area contributed by atoms with Crippen molar-refractivity contribution in [1.29, 1.82) is 0 Å². The molecule has 2 nitrogen and oxygen atoms in total. The van der Waals surface area contributed by atoms with Gasteiger partial charge in [0.15, 0.2) is 0 Å². The van der Waals surface area contributed by atoms with Crippen LogP contribution < -0.4 is 5.32 Å². The maximum Gasteiger partial charge on any atom is 0.223 e. The minimum absolute atomic E-state index is 0.191. The van der Waals surface area contributed by atoms with Crippen molar-refractivity contribution in [1.82, 2.24) is 5.32 Å². The zero-order valence-electron chi connectivity index (χ0n) is 13.6. The summed E-state index contributed by atoms with van der Waals surface area (Å²) in [5.41, 5.74) is 0.994. The van der Waals surface area contributed by atoms with Crippen LogP contribution in [0.25, 0.3) is 0 Å². The second-order valence-electron chi connectivity index (χ2n) is 6.25. The van der Waals surface area contributed by atoms with Gasteiger partial charge in [0.05, 0.1) is 6.54 Å². The SMILES string of the molecule is CCCCC1CCC(C(=O)NCC#Cc2ccccc2)CC1. The molecule has 0 radical (unpaired) electrons. The zero-order valence-corrected chi connectivity index (χ0v) is 13.6. The molecule has 0 atom stereocenters. The molecular weight excluding hydrogens is 270 g/mol. The van der Waals surface area contributed by atoms with E-state index in [0.717, 1.165) is 24.3 Å². The predicted octanol–water partition coefficient (Wildman–Crippen LogP) is 4.15. The summed E-state index contributed by atoms with van der Waals surface area (Å²) in [4.78, 5) is 12.2. The monoisotopic (exact) mass is 297 g/mol. The number of hydrogen-bond donors (Lipinski definition) is 1. The van der Waals surface area contributed by atoms with Crippen molar-refractivity contribution >= 4 is 5.91 Å². The average molecular weight is 297 g/mol. The first-order valence-electron chi connectivity index (χ1n) is 8.61. The van der Waals surface area contributed by atoms with Gasteiger partial charge in [0.2, 0.25) is 5.91 Å². The maximum absolute atomic E-state index is 12.2. The van der Waals surface area contributed by atoms with Crippen LogP contribution in [0.5, 0.6) is 0 Å². The normalized spacial score (nSPS) is 20.8. The molecule has 1 fully saturated rings. The minimum atomic E-state index is 0.191. The molecule has 1 aliphatic carbocycles. The third-order valence-electron chi connectivity index (χ3n) is 4.54. The van der Waals surface area contributed by atoms with Crippen molar-refractivity contribution in [3.8, 4) is 11.8 Å². The molecule has 2 heteroatoms. The van der Waals surface area contributed by atoms with Gasteiger partial charge in [-0.05, 0) is 43.7 Å².